The molecule has 3 saturated heterocycles. The minimum absolute atomic E-state index is 0.0716. The summed E-state index contributed by atoms with van der Waals surface area (Å²) >= 11 is 0. The van der Waals surface area contributed by atoms with Crippen molar-refractivity contribution < 1.29 is 19.1 Å². The zero-order valence-electron chi connectivity index (χ0n) is 14.5. The van der Waals surface area contributed by atoms with Crippen LogP contribution in [-0.4, -0.2) is 67.3 Å². The third kappa shape index (κ3) is 3.09. The van der Waals surface area contributed by atoms with Gasteiger partial charge in [-0.1, -0.05) is 0 Å². The zero-order valence-corrected chi connectivity index (χ0v) is 14.5. The van der Waals surface area contributed by atoms with E-state index >= 15 is 0 Å². The average Bonchev–Trinajstić information content (AvgIpc) is 2.98. The molecule has 0 bridgehead atoms. The van der Waals surface area contributed by atoms with Crippen LogP contribution in [0.3, 0.4) is 0 Å². The molecule has 140 valence electrons. The number of piperazine rings is 1. The molecule has 7 nitrogen and oxygen atoms in total. The number of amides is 2. The number of carboxylic acid groups (broad SMARTS) is 1. The van der Waals surface area contributed by atoms with Crippen molar-refractivity contribution in [3.63, 3.8) is 0 Å². The van der Waals surface area contributed by atoms with E-state index in [9.17, 15) is 14.0 Å². The van der Waals surface area contributed by atoms with Gasteiger partial charge in [0.2, 0.25) is 0 Å². The second-order valence-corrected chi connectivity index (χ2v) is 7.21. The Morgan fingerprint density at radius 3 is 2.58 bits per heavy atom. The van der Waals surface area contributed by atoms with E-state index in [1.54, 1.807) is 4.90 Å². The number of piperidine rings is 1. The SMILES string of the molecule is O=C(O)C1CCN(c2cc(F)cc(N3CC4CNCCN4C3=O)c2)CC1. The van der Waals surface area contributed by atoms with Gasteiger partial charge in [0, 0.05) is 45.0 Å². The molecule has 8 heteroatoms. The highest BCUT2D eigenvalue weighted by molar-refractivity contribution is 5.95. The molecule has 3 aliphatic heterocycles. The van der Waals surface area contributed by atoms with Gasteiger partial charge in [0.1, 0.15) is 5.82 Å². The van der Waals surface area contributed by atoms with Crippen LogP contribution in [-0.2, 0) is 4.79 Å². The molecular formula is C18H23FN4O3. The average molecular weight is 362 g/mol. The first-order chi connectivity index (χ1) is 12.5. The van der Waals surface area contributed by atoms with Crippen molar-refractivity contribution in [3.05, 3.63) is 24.0 Å². The van der Waals surface area contributed by atoms with Gasteiger partial charge in [-0.05, 0) is 31.0 Å². The van der Waals surface area contributed by atoms with E-state index < -0.39 is 5.97 Å². The fraction of sp³-hybridized carbons (Fsp3) is 0.556. The van der Waals surface area contributed by atoms with Gasteiger partial charge >= 0.3 is 12.0 Å². The van der Waals surface area contributed by atoms with Gasteiger partial charge in [-0.3, -0.25) is 9.69 Å². The molecule has 3 fully saturated rings. The fourth-order valence-electron chi connectivity index (χ4n) is 4.12. The maximum absolute atomic E-state index is 14.3. The predicted molar refractivity (Wildman–Crippen MR) is 95.1 cm³/mol. The second-order valence-electron chi connectivity index (χ2n) is 7.21. The Morgan fingerprint density at radius 1 is 1.15 bits per heavy atom. The molecule has 0 aliphatic carbocycles. The van der Waals surface area contributed by atoms with Crippen molar-refractivity contribution in [3.8, 4) is 0 Å². The highest BCUT2D eigenvalue weighted by atomic mass is 19.1. The van der Waals surface area contributed by atoms with Gasteiger partial charge in [0.25, 0.3) is 0 Å². The molecule has 0 saturated carbocycles. The monoisotopic (exact) mass is 362 g/mol. The lowest BCUT2D eigenvalue weighted by molar-refractivity contribution is -0.142. The number of benzene rings is 1. The number of aliphatic carboxylic acids is 1. The van der Waals surface area contributed by atoms with Crippen molar-refractivity contribution in [2.75, 3.05) is 49.1 Å². The summed E-state index contributed by atoms with van der Waals surface area (Å²) in [6.07, 6.45) is 1.09. The minimum atomic E-state index is -0.766. The molecule has 3 aliphatic rings. The molecule has 26 heavy (non-hydrogen) atoms. The van der Waals surface area contributed by atoms with Crippen LogP contribution < -0.4 is 15.1 Å². The maximum atomic E-state index is 14.3. The van der Waals surface area contributed by atoms with E-state index in [1.807, 2.05) is 15.9 Å². The third-order valence-corrected chi connectivity index (χ3v) is 5.61. The summed E-state index contributed by atoms with van der Waals surface area (Å²) < 4.78 is 14.3. The van der Waals surface area contributed by atoms with Crippen LogP contribution in [0.4, 0.5) is 20.6 Å². The Morgan fingerprint density at radius 2 is 1.88 bits per heavy atom. The Labute approximate surface area is 151 Å². The van der Waals surface area contributed by atoms with E-state index in [0.29, 0.717) is 50.4 Å². The predicted octanol–water partition coefficient (Wildman–Crippen LogP) is 1.34. The zero-order chi connectivity index (χ0) is 18.3. The topological polar surface area (TPSA) is 76.1 Å². The summed E-state index contributed by atoms with van der Waals surface area (Å²) in [6, 6.07) is 4.75. The van der Waals surface area contributed by atoms with Crippen LogP contribution in [0.25, 0.3) is 0 Å². The molecule has 1 atom stereocenters. The summed E-state index contributed by atoms with van der Waals surface area (Å²) in [6.45, 7) is 3.91. The highest BCUT2D eigenvalue weighted by Gasteiger charge is 2.39. The lowest BCUT2D eigenvalue weighted by Crippen LogP contribution is -2.49. The number of nitrogens with zero attached hydrogens (tertiary/aromatic N) is 3. The second kappa shape index (κ2) is 6.75. The lowest BCUT2D eigenvalue weighted by Gasteiger charge is -2.32. The van der Waals surface area contributed by atoms with Gasteiger partial charge in [-0.15, -0.1) is 0 Å². The summed E-state index contributed by atoms with van der Waals surface area (Å²) in [5, 5.41) is 12.4. The molecule has 1 unspecified atom stereocenters. The van der Waals surface area contributed by atoms with Crippen LogP contribution in [0.2, 0.25) is 0 Å². The van der Waals surface area contributed by atoms with Crippen molar-refractivity contribution in [2.45, 2.75) is 18.9 Å². The number of nitrogens with one attached hydrogen (secondary N) is 1. The molecule has 0 aromatic heterocycles. The van der Waals surface area contributed by atoms with E-state index in [2.05, 4.69) is 5.32 Å². The Balaban J connectivity index is 1.54. The summed E-state index contributed by atoms with van der Waals surface area (Å²) in [4.78, 5) is 29.3. The number of carbonyl (C=O) groups is 2. The number of halogens is 1. The molecule has 0 spiro atoms. The lowest BCUT2D eigenvalue weighted by atomic mass is 9.96. The van der Waals surface area contributed by atoms with Crippen LogP contribution in [0, 0.1) is 11.7 Å². The number of hydrogen-bond acceptors (Lipinski definition) is 4. The first-order valence-electron chi connectivity index (χ1n) is 9.10. The van der Waals surface area contributed by atoms with Crippen molar-refractivity contribution in [1.82, 2.24) is 10.2 Å². The molecular weight excluding hydrogens is 339 g/mol. The van der Waals surface area contributed by atoms with Gasteiger partial charge in [-0.2, -0.15) is 0 Å². The molecule has 4 rings (SSSR count). The molecule has 3 heterocycles. The summed E-state index contributed by atoms with van der Waals surface area (Å²) in [7, 11) is 0. The van der Waals surface area contributed by atoms with Gasteiger partial charge in [-0.25, -0.2) is 9.18 Å². The Kier molecular flexibility index (Phi) is 4.44. The fourth-order valence-corrected chi connectivity index (χ4v) is 4.12. The van der Waals surface area contributed by atoms with E-state index in [1.165, 1.54) is 12.1 Å². The number of hydrogen-bond donors (Lipinski definition) is 2. The molecule has 1 aromatic rings. The minimum Gasteiger partial charge on any atom is -0.481 e. The number of fused-ring (bicyclic) bond motifs is 1. The van der Waals surface area contributed by atoms with E-state index in [0.717, 1.165) is 13.1 Å². The summed E-state index contributed by atoms with van der Waals surface area (Å²) in [5.41, 5.74) is 1.28. The number of urea groups is 1. The third-order valence-electron chi connectivity index (χ3n) is 5.61. The maximum Gasteiger partial charge on any atom is 0.324 e. The molecule has 2 amide bonds. The quantitative estimate of drug-likeness (QED) is 0.849. The van der Waals surface area contributed by atoms with Crippen molar-refractivity contribution in [2.24, 2.45) is 5.92 Å². The number of carboxylic acids is 1. The normalized spacial score (nSPS) is 24.1. The van der Waals surface area contributed by atoms with E-state index in [4.69, 9.17) is 5.11 Å². The van der Waals surface area contributed by atoms with Crippen LogP contribution in [0.1, 0.15) is 12.8 Å². The number of carbonyl (C=O) groups excluding carboxylic acids is 1. The first kappa shape index (κ1) is 17.1. The van der Waals surface area contributed by atoms with Gasteiger partial charge < -0.3 is 20.2 Å². The highest BCUT2D eigenvalue weighted by Crippen LogP contribution is 2.31. The Hall–Kier alpha value is -2.35. The van der Waals surface area contributed by atoms with Gasteiger partial charge in [0.05, 0.1) is 17.6 Å². The first-order valence-corrected chi connectivity index (χ1v) is 9.10. The Bertz CT molecular complexity index is 720. The smallest absolute Gasteiger partial charge is 0.324 e. The standard InChI is InChI=1S/C18H23FN4O3/c19-13-7-14(21-4-1-12(2-5-21)17(24)25)9-15(8-13)23-11-16-10-20-3-6-22(16)18(23)26/h7-9,12,16,20H,1-6,10-11H2,(H,24,25). The number of rotatable bonds is 3. The molecule has 0 radical (unpaired) electrons. The van der Waals surface area contributed by atoms with Crippen LogP contribution >= 0.6 is 0 Å². The van der Waals surface area contributed by atoms with E-state index in [-0.39, 0.29) is 23.8 Å². The largest absolute Gasteiger partial charge is 0.481 e. The van der Waals surface area contributed by atoms with Crippen LogP contribution in [0.5, 0.6) is 0 Å². The molecule has 2 N–H and O–H groups in total. The number of anilines is 2. The van der Waals surface area contributed by atoms with Crippen molar-refractivity contribution in [1.29, 1.82) is 0 Å². The van der Waals surface area contributed by atoms with Crippen LogP contribution in [0.15, 0.2) is 18.2 Å². The molecule has 1 aromatic carbocycles. The van der Waals surface area contributed by atoms with Crippen molar-refractivity contribution >= 4 is 23.4 Å². The van der Waals surface area contributed by atoms with Gasteiger partial charge in [0.15, 0.2) is 0 Å². The summed E-state index contributed by atoms with van der Waals surface area (Å²) in [5.74, 6) is -1.48.